The molecule has 0 aliphatic heterocycles. The van der Waals surface area contributed by atoms with Gasteiger partial charge in [0.1, 0.15) is 0 Å². The van der Waals surface area contributed by atoms with Gasteiger partial charge in [0.15, 0.2) is 0 Å². The van der Waals surface area contributed by atoms with E-state index in [2.05, 4.69) is 13.0 Å². The van der Waals surface area contributed by atoms with Crippen LogP contribution in [0.25, 0.3) is 0 Å². The predicted molar refractivity (Wildman–Crippen MR) is 103 cm³/mol. The van der Waals surface area contributed by atoms with Crippen LogP contribution in [0.3, 0.4) is 0 Å². The molecule has 0 aromatic rings. The van der Waals surface area contributed by atoms with Crippen molar-refractivity contribution in [2.75, 3.05) is 13.7 Å². The number of aliphatic hydroxyl groups excluding tert-OH is 1. The first-order valence-electron chi connectivity index (χ1n) is 10.5. The monoisotopic (exact) mass is 358 g/mol. The van der Waals surface area contributed by atoms with Gasteiger partial charge in [-0.25, -0.2) is 0 Å². The van der Waals surface area contributed by atoms with E-state index in [9.17, 15) is 10.2 Å². The van der Waals surface area contributed by atoms with E-state index in [4.69, 9.17) is 4.74 Å². The first-order valence-corrected chi connectivity index (χ1v) is 10.5. The minimum absolute atomic E-state index is 0.0000953. The average Bonchev–Trinajstić information content (AvgIpc) is 2.99. The number of aliphatic hydroxyl groups is 2. The SMILES string of the molecule is CCC12CCC3C4=C(CCC3C1CCC2(O)/C=C\CO)CC(OC)=CC4. The molecule has 4 aliphatic rings. The zero-order valence-corrected chi connectivity index (χ0v) is 16.3. The molecule has 0 spiro atoms. The summed E-state index contributed by atoms with van der Waals surface area (Å²) in [5.41, 5.74) is 2.61. The van der Waals surface area contributed by atoms with Crippen LogP contribution < -0.4 is 0 Å². The molecule has 3 heteroatoms. The number of hydrogen-bond donors (Lipinski definition) is 2. The molecule has 0 radical (unpaired) electrons. The Morgan fingerprint density at radius 3 is 2.85 bits per heavy atom. The molecule has 0 aromatic carbocycles. The van der Waals surface area contributed by atoms with E-state index < -0.39 is 5.60 Å². The summed E-state index contributed by atoms with van der Waals surface area (Å²) in [6, 6.07) is 0. The molecule has 4 aliphatic carbocycles. The van der Waals surface area contributed by atoms with Crippen molar-refractivity contribution >= 4 is 0 Å². The van der Waals surface area contributed by atoms with Crippen LogP contribution in [0, 0.1) is 23.2 Å². The number of fused-ring (bicyclic) bond motifs is 4. The van der Waals surface area contributed by atoms with Crippen LogP contribution in [0.5, 0.6) is 0 Å². The number of allylic oxidation sites excluding steroid dienone is 3. The Morgan fingerprint density at radius 1 is 1.27 bits per heavy atom. The lowest BCUT2D eigenvalue weighted by Gasteiger charge is -2.55. The van der Waals surface area contributed by atoms with Crippen molar-refractivity contribution in [3.63, 3.8) is 0 Å². The first kappa shape index (κ1) is 18.3. The smallest absolute Gasteiger partial charge is 0.0959 e. The Morgan fingerprint density at radius 2 is 2.12 bits per heavy atom. The third-order valence-corrected chi connectivity index (χ3v) is 8.35. The fourth-order valence-electron chi connectivity index (χ4n) is 7.16. The molecule has 0 aromatic heterocycles. The van der Waals surface area contributed by atoms with Gasteiger partial charge in [-0.15, -0.1) is 0 Å². The van der Waals surface area contributed by atoms with E-state index in [1.807, 2.05) is 6.08 Å². The van der Waals surface area contributed by atoms with Gasteiger partial charge < -0.3 is 14.9 Å². The van der Waals surface area contributed by atoms with Crippen LogP contribution >= 0.6 is 0 Å². The molecular formula is C23H34O3. The van der Waals surface area contributed by atoms with E-state index in [-0.39, 0.29) is 12.0 Å². The Labute approximate surface area is 157 Å². The molecule has 0 heterocycles. The zero-order chi connectivity index (χ0) is 18.4. The molecule has 2 saturated carbocycles. The van der Waals surface area contributed by atoms with E-state index >= 15 is 0 Å². The quantitative estimate of drug-likeness (QED) is 0.727. The highest BCUT2D eigenvalue weighted by Gasteiger charge is 2.62. The van der Waals surface area contributed by atoms with E-state index in [1.54, 1.807) is 24.3 Å². The van der Waals surface area contributed by atoms with Crippen molar-refractivity contribution in [1.29, 1.82) is 0 Å². The van der Waals surface area contributed by atoms with E-state index in [0.29, 0.717) is 11.8 Å². The Kier molecular flexibility index (Phi) is 4.81. The Hall–Kier alpha value is -1.06. The largest absolute Gasteiger partial charge is 0.501 e. The second kappa shape index (κ2) is 6.83. The fourth-order valence-corrected chi connectivity index (χ4v) is 7.16. The van der Waals surface area contributed by atoms with Gasteiger partial charge in [0, 0.05) is 11.8 Å². The topological polar surface area (TPSA) is 49.7 Å². The Bertz CT molecular complexity index is 646. The number of rotatable bonds is 4. The lowest BCUT2D eigenvalue weighted by Crippen LogP contribution is -2.52. The number of hydrogen-bond acceptors (Lipinski definition) is 3. The lowest BCUT2D eigenvalue weighted by atomic mass is 9.51. The normalized spacial score (nSPS) is 42.3. The van der Waals surface area contributed by atoms with Gasteiger partial charge in [-0.2, -0.15) is 0 Å². The van der Waals surface area contributed by atoms with Gasteiger partial charge >= 0.3 is 0 Å². The minimum Gasteiger partial charge on any atom is -0.501 e. The van der Waals surface area contributed by atoms with E-state index in [1.165, 1.54) is 19.3 Å². The lowest BCUT2D eigenvalue weighted by molar-refractivity contribution is -0.0914. The van der Waals surface area contributed by atoms with Gasteiger partial charge in [0.25, 0.3) is 0 Å². The van der Waals surface area contributed by atoms with Gasteiger partial charge in [0.05, 0.1) is 25.1 Å². The molecular weight excluding hydrogens is 324 g/mol. The van der Waals surface area contributed by atoms with Crippen LogP contribution in [0.15, 0.2) is 35.1 Å². The van der Waals surface area contributed by atoms with Crippen molar-refractivity contribution in [2.45, 2.75) is 70.3 Å². The van der Waals surface area contributed by atoms with Gasteiger partial charge in [0.2, 0.25) is 0 Å². The van der Waals surface area contributed by atoms with Gasteiger partial charge in [-0.3, -0.25) is 0 Å². The summed E-state index contributed by atoms with van der Waals surface area (Å²) < 4.78 is 5.51. The average molecular weight is 359 g/mol. The van der Waals surface area contributed by atoms with E-state index in [0.717, 1.165) is 50.2 Å². The maximum absolute atomic E-state index is 11.5. The highest BCUT2D eigenvalue weighted by molar-refractivity contribution is 5.33. The molecule has 2 fully saturated rings. The van der Waals surface area contributed by atoms with Crippen LogP contribution in [-0.2, 0) is 4.74 Å². The minimum atomic E-state index is -0.732. The summed E-state index contributed by atoms with van der Waals surface area (Å²) in [6.07, 6.45) is 15.9. The van der Waals surface area contributed by atoms with Crippen LogP contribution in [0.4, 0.5) is 0 Å². The molecule has 5 unspecified atom stereocenters. The van der Waals surface area contributed by atoms with Crippen LogP contribution in [0.2, 0.25) is 0 Å². The summed E-state index contributed by atoms with van der Waals surface area (Å²) >= 11 is 0. The fraction of sp³-hybridized carbons (Fsp3) is 0.739. The van der Waals surface area contributed by atoms with Crippen LogP contribution in [0.1, 0.15) is 64.7 Å². The zero-order valence-electron chi connectivity index (χ0n) is 16.3. The molecule has 26 heavy (non-hydrogen) atoms. The summed E-state index contributed by atoms with van der Waals surface area (Å²) in [5.74, 6) is 3.19. The Balaban J connectivity index is 1.62. The highest BCUT2D eigenvalue weighted by atomic mass is 16.5. The maximum Gasteiger partial charge on any atom is 0.0959 e. The van der Waals surface area contributed by atoms with Crippen molar-refractivity contribution in [2.24, 2.45) is 23.2 Å². The number of methoxy groups -OCH3 is 1. The van der Waals surface area contributed by atoms with Crippen molar-refractivity contribution in [3.8, 4) is 0 Å². The molecule has 144 valence electrons. The first-order chi connectivity index (χ1) is 12.6. The molecule has 2 N–H and O–H groups in total. The van der Waals surface area contributed by atoms with Gasteiger partial charge in [-0.1, -0.05) is 30.2 Å². The molecule has 3 nitrogen and oxygen atoms in total. The summed E-state index contributed by atoms with van der Waals surface area (Å²) in [5, 5.41) is 20.8. The molecule has 4 rings (SSSR count). The summed E-state index contributed by atoms with van der Waals surface area (Å²) in [7, 11) is 1.79. The van der Waals surface area contributed by atoms with Crippen LogP contribution in [-0.4, -0.2) is 29.5 Å². The highest BCUT2D eigenvalue weighted by Crippen LogP contribution is 2.66. The third kappa shape index (κ3) is 2.54. The van der Waals surface area contributed by atoms with Crippen molar-refractivity contribution in [1.82, 2.24) is 0 Å². The third-order valence-electron chi connectivity index (χ3n) is 8.35. The molecule has 0 bridgehead atoms. The van der Waals surface area contributed by atoms with Gasteiger partial charge in [-0.05, 0) is 75.2 Å². The molecule has 0 saturated heterocycles. The molecule has 0 amide bonds. The molecule has 5 atom stereocenters. The number of ether oxygens (including phenoxy) is 1. The maximum atomic E-state index is 11.5. The summed E-state index contributed by atoms with van der Waals surface area (Å²) in [4.78, 5) is 0. The second-order valence-corrected chi connectivity index (χ2v) is 8.90. The predicted octanol–water partition coefficient (Wildman–Crippen LogP) is 4.51. The summed E-state index contributed by atoms with van der Waals surface area (Å²) in [6.45, 7) is 2.28. The van der Waals surface area contributed by atoms with Crippen molar-refractivity contribution in [3.05, 3.63) is 35.1 Å². The second-order valence-electron chi connectivity index (χ2n) is 8.90. The standard InChI is InChI=1S/C23H34O3/c1-3-22-12-9-19-18-8-6-17(26-2)15-16(18)5-7-20(19)21(22)10-13-23(22,25)11-4-14-24/h4,6,11,19-21,24-25H,3,5,7-10,12-15H2,1-2H3/b11-4-. The van der Waals surface area contributed by atoms with Crippen molar-refractivity contribution < 1.29 is 14.9 Å².